The molecule has 160 valence electrons. The van der Waals surface area contributed by atoms with Crippen LogP contribution in [-0.4, -0.2) is 40.0 Å². The molecule has 0 saturated carbocycles. The van der Waals surface area contributed by atoms with Crippen molar-refractivity contribution >= 4 is 33.1 Å². The Morgan fingerprint density at radius 3 is 2.61 bits per heavy atom. The Balaban J connectivity index is 1.51. The first-order valence-electron chi connectivity index (χ1n) is 9.40. The number of carbonyl (C=O) groups excluding carboxylic acids is 1. The van der Waals surface area contributed by atoms with Crippen LogP contribution in [0.4, 0.5) is 10.7 Å². The molecular formula is C20H20N6O4S. The number of fused-ring (bicyclic) bond motifs is 1. The highest BCUT2D eigenvalue weighted by atomic mass is 32.2. The minimum Gasteiger partial charge on any atom is -0.379 e. The van der Waals surface area contributed by atoms with Crippen LogP contribution in [-0.2, 0) is 10.1 Å². The average Bonchev–Trinajstić information content (AvgIpc) is 3.36. The molecule has 0 spiro atoms. The summed E-state index contributed by atoms with van der Waals surface area (Å²) in [5.41, 5.74) is 1.84. The van der Waals surface area contributed by atoms with Crippen LogP contribution in [0.3, 0.4) is 0 Å². The van der Waals surface area contributed by atoms with Crippen molar-refractivity contribution in [3.05, 3.63) is 61.2 Å². The summed E-state index contributed by atoms with van der Waals surface area (Å²) in [5.74, 6) is 0.346. The smallest absolute Gasteiger partial charge is 0.339 e. The summed E-state index contributed by atoms with van der Waals surface area (Å²) in [6, 6.07) is 10.5. The molecule has 0 fully saturated rings. The van der Waals surface area contributed by atoms with Gasteiger partial charge in [0, 0.05) is 30.2 Å². The van der Waals surface area contributed by atoms with E-state index in [1.165, 1.54) is 24.3 Å². The molecule has 0 aliphatic carbocycles. The van der Waals surface area contributed by atoms with Gasteiger partial charge in [0.1, 0.15) is 10.6 Å². The van der Waals surface area contributed by atoms with Gasteiger partial charge in [-0.05, 0) is 50.2 Å². The van der Waals surface area contributed by atoms with E-state index in [0.29, 0.717) is 11.0 Å². The first-order chi connectivity index (χ1) is 14.8. The van der Waals surface area contributed by atoms with E-state index < -0.39 is 16.1 Å². The van der Waals surface area contributed by atoms with Crippen LogP contribution in [0, 0.1) is 0 Å². The van der Waals surface area contributed by atoms with Crippen LogP contribution in [0.25, 0.3) is 16.7 Å². The number of rotatable bonds is 6. The van der Waals surface area contributed by atoms with E-state index in [1.54, 1.807) is 41.5 Å². The number of amides is 2. The number of hydrogen-bond acceptors (Lipinski definition) is 6. The SMILES string of the molecule is CC(C)NC(=O)Nc1nc2cc(OS(=O)(=O)c3ccc(-n4ccnc4)cc3)ccc2[nH]1. The second kappa shape index (κ2) is 8.11. The predicted octanol–water partition coefficient (Wildman–Crippen LogP) is 3.05. The molecular weight excluding hydrogens is 420 g/mol. The number of nitrogens with one attached hydrogen (secondary N) is 3. The fourth-order valence-corrected chi connectivity index (χ4v) is 3.80. The van der Waals surface area contributed by atoms with Gasteiger partial charge in [0.25, 0.3) is 0 Å². The second-order valence-electron chi connectivity index (χ2n) is 7.02. The van der Waals surface area contributed by atoms with Crippen LogP contribution < -0.4 is 14.8 Å². The number of aromatic amines is 1. The normalized spacial score (nSPS) is 11.6. The quantitative estimate of drug-likeness (QED) is 0.395. The molecule has 0 aliphatic heterocycles. The molecule has 0 unspecified atom stereocenters. The number of carbonyl (C=O) groups is 1. The lowest BCUT2D eigenvalue weighted by atomic mass is 10.3. The van der Waals surface area contributed by atoms with Gasteiger partial charge in [-0.25, -0.2) is 14.8 Å². The van der Waals surface area contributed by atoms with Gasteiger partial charge in [-0.15, -0.1) is 0 Å². The highest BCUT2D eigenvalue weighted by Gasteiger charge is 2.18. The Morgan fingerprint density at radius 2 is 1.94 bits per heavy atom. The molecule has 10 nitrogen and oxygen atoms in total. The zero-order chi connectivity index (χ0) is 22.0. The van der Waals surface area contributed by atoms with Crippen LogP contribution in [0.1, 0.15) is 13.8 Å². The molecule has 31 heavy (non-hydrogen) atoms. The maximum atomic E-state index is 12.7. The Hall–Kier alpha value is -3.86. The lowest BCUT2D eigenvalue weighted by Gasteiger charge is -2.08. The Morgan fingerprint density at radius 1 is 1.16 bits per heavy atom. The molecule has 0 bridgehead atoms. The molecule has 4 aromatic rings. The van der Waals surface area contributed by atoms with Crippen LogP contribution >= 0.6 is 0 Å². The molecule has 11 heteroatoms. The highest BCUT2D eigenvalue weighted by molar-refractivity contribution is 7.87. The third-order valence-electron chi connectivity index (χ3n) is 4.24. The molecule has 2 aromatic carbocycles. The number of imidazole rings is 2. The third kappa shape index (κ3) is 4.67. The summed E-state index contributed by atoms with van der Waals surface area (Å²) in [5, 5.41) is 5.28. The van der Waals surface area contributed by atoms with Gasteiger partial charge in [0.05, 0.1) is 17.4 Å². The van der Waals surface area contributed by atoms with E-state index in [0.717, 1.165) is 5.69 Å². The van der Waals surface area contributed by atoms with E-state index >= 15 is 0 Å². The zero-order valence-corrected chi connectivity index (χ0v) is 17.6. The van der Waals surface area contributed by atoms with Gasteiger partial charge in [-0.3, -0.25) is 5.32 Å². The summed E-state index contributed by atoms with van der Waals surface area (Å²) in [6.45, 7) is 3.68. The van der Waals surface area contributed by atoms with Gasteiger partial charge in [-0.1, -0.05) is 0 Å². The number of H-pyrrole nitrogens is 1. The van der Waals surface area contributed by atoms with Gasteiger partial charge < -0.3 is 19.1 Å². The van der Waals surface area contributed by atoms with E-state index in [4.69, 9.17) is 4.18 Å². The fourth-order valence-electron chi connectivity index (χ4n) is 2.87. The van der Waals surface area contributed by atoms with Gasteiger partial charge in [-0.2, -0.15) is 8.42 Å². The largest absolute Gasteiger partial charge is 0.379 e. The van der Waals surface area contributed by atoms with Crippen molar-refractivity contribution in [3.8, 4) is 11.4 Å². The van der Waals surface area contributed by atoms with E-state index in [-0.39, 0.29) is 22.6 Å². The Labute approximate surface area is 178 Å². The summed E-state index contributed by atoms with van der Waals surface area (Å²) in [4.78, 5) is 23.0. The maximum Gasteiger partial charge on any atom is 0.339 e. The van der Waals surface area contributed by atoms with E-state index in [9.17, 15) is 13.2 Å². The molecule has 0 saturated heterocycles. The second-order valence-corrected chi connectivity index (χ2v) is 8.57. The van der Waals surface area contributed by atoms with Crippen LogP contribution in [0.2, 0.25) is 0 Å². The van der Waals surface area contributed by atoms with Crippen LogP contribution in [0.5, 0.6) is 5.75 Å². The van der Waals surface area contributed by atoms with Gasteiger partial charge in [0.2, 0.25) is 5.95 Å². The Bertz CT molecular complexity index is 1310. The van der Waals surface area contributed by atoms with Crippen molar-refractivity contribution < 1.29 is 17.4 Å². The first kappa shape index (κ1) is 20.4. The molecule has 4 rings (SSSR count). The van der Waals surface area contributed by atoms with Crippen molar-refractivity contribution in [2.24, 2.45) is 0 Å². The standard InChI is InChI=1S/C20H20N6O4S/c1-13(2)22-20(27)25-19-23-17-8-5-15(11-18(17)24-19)30-31(28,29)16-6-3-14(4-7-16)26-10-9-21-12-26/h3-13H,1-2H3,(H3,22,23,24,25,27). The first-order valence-corrected chi connectivity index (χ1v) is 10.8. The zero-order valence-electron chi connectivity index (χ0n) is 16.7. The molecule has 2 heterocycles. The third-order valence-corrected chi connectivity index (χ3v) is 5.50. The molecule has 3 N–H and O–H groups in total. The molecule has 0 atom stereocenters. The number of hydrogen-bond donors (Lipinski definition) is 3. The molecule has 0 radical (unpaired) electrons. The fraction of sp³-hybridized carbons (Fsp3) is 0.150. The van der Waals surface area contributed by atoms with E-state index in [1.807, 2.05) is 13.8 Å². The van der Waals surface area contributed by atoms with Crippen LogP contribution in [0.15, 0.2) is 66.1 Å². The number of benzene rings is 2. The van der Waals surface area contributed by atoms with Crippen molar-refractivity contribution in [1.82, 2.24) is 24.8 Å². The Kier molecular flexibility index (Phi) is 5.34. The number of urea groups is 1. The summed E-state index contributed by atoms with van der Waals surface area (Å²) in [6.07, 6.45) is 5.01. The van der Waals surface area contributed by atoms with Crippen molar-refractivity contribution in [2.45, 2.75) is 24.8 Å². The van der Waals surface area contributed by atoms with Gasteiger partial charge in [0.15, 0.2) is 0 Å². The topological polar surface area (TPSA) is 131 Å². The van der Waals surface area contributed by atoms with Crippen molar-refractivity contribution in [1.29, 1.82) is 0 Å². The van der Waals surface area contributed by atoms with Gasteiger partial charge >= 0.3 is 16.1 Å². The summed E-state index contributed by atoms with van der Waals surface area (Å²) in [7, 11) is -4.04. The maximum absolute atomic E-state index is 12.7. The summed E-state index contributed by atoms with van der Waals surface area (Å²) < 4.78 is 32.3. The number of nitrogens with zero attached hydrogens (tertiary/aromatic N) is 3. The lowest BCUT2D eigenvalue weighted by Crippen LogP contribution is -2.34. The highest BCUT2D eigenvalue weighted by Crippen LogP contribution is 2.24. The minimum atomic E-state index is -4.04. The average molecular weight is 440 g/mol. The number of anilines is 1. The number of aromatic nitrogens is 4. The monoisotopic (exact) mass is 440 g/mol. The van der Waals surface area contributed by atoms with Crippen molar-refractivity contribution in [3.63, 3.8) is 0 Å². The predicted molar refractivity (Wildman–Crippen MR) is 115 cm³/mol. The molecule has 0 aliphatic rings. The minimum absolute atomic E-state index is 0.0196. The van der Waals surface area contributed by atoms with Crippen molar-refractivity contribution in [2.75, 3.05) is 5.32 Å². The van der Waals surface area contributed by atoms with E-state index in [2.05, 4.69) is 25.6 Å². The molecule has 2 aromatic heterocycles. The molecule has 2 amide bonds. The lowest BCUT2D eigenvalue weighted by molar-refractivity contribution is 0.250. The summed E-state index contributed by atoms with van der Waals surface area (Å²) >= 11 is 0.